The van der Waals surface area contributed by atoms with Crippen LogP contribution in [0, 0.1) is 0 Å². The quantitative estimate of drug-likeness (QED) is 0.751. The van der Waals surface area contributed by atoms with Gasteiger partial charge in [0.2, 0.25) is 0 Å². The van der Waals surface area contributed by atoms with E-state index in [2.05, 4.69) is 21.7 Å². The van der Waals surface area contributed by atoms with Crippen LogP contribution in [0.4, 0.5) is 0 Å². The molecule has 2 saturated heterocycles. The molecular formula is C15H29N3. The van der Waals surface area contributed by atoms with Gasteiger partial charge in [0.05, 0.1) is 0 Å². The van der Waals surface area contributed by atoms with Gasteiger partial charge in [0.15, 0.2) is 0 Å². The van der Waals surface area contributed by atoms with Gasteiger partial charge in [0, 0.05) is 19.1 Å². The van der Waals surface area contributed by atoms with E-state index in [9.17, 15) is 0 Å². The summed E-state index contributed by atoms with van der Waals surface area (Å²) in [6.45, 7) is 11.4. The summed E-state index contributed by atoms with van der Waals surface area (Å²) in [6, 6.07) is 0.860. The summed E-state index contributed by atoms with van der Waals surface area (Å²) in [5.74, 6) is 0. The SMILES string of the molecule is C=C(CNC)CN1CCC(N2CCCCC2)CC1. The lowest BCUT2D eigenvalue weighted by Gasteiger charge is -2.40. The lowest BCUT2D eigenvalue weighted by atomic mass is 9.99. The van der Waals surface area contributed by atoms with Gasteiger partial charge >= 0.3 is 0 Å². The second-order valence-electron chi connectivity index (χ2n) is 5.88. The summed E-state index contributed by atoms with van der Waals surface area (Å²) in [7, 11) is 1.99. The first-order valence-electron chi connectivity index (χ1n) is 7.57. The molecule has 1 N–H and O–H groups in total. The fraction of sp³-hybridized carbons (Fsp3) is 0.867. The van der Waals surface area contributed by atoms with Gasteiger partial charge in [-0.1, -0.05) is 13.0 Å². The Morgan fingerprint density at radius 3 is 2.39 bits per heavy atom. The Balaban J connectivity index is 1.69. The van der Waals surface area contributed by atoms with Crippen LogP contribution in [0.2, 0.25) is 0 Å². The number of hydrogen-bond donors (Lipinski definition) is 1. The van der Waals surface area contributed by atoms with Gasteiger partial charge in [-0.2, -0.15) is 0 Å². The predicted octanol–water partition coefficient (Wildman–Crippen LogP) is 1.71. The van der Waals surface area contributed by atoms with E-state index in [-0.39, 0.29) is 0 Å². The number of nitrogens with one attached hydrogen (secondary N) is 1. The molecule has 0 aromatic rings. The molecule has 0 unspecified atom stereocenters. The maximum atomic E-state index is 4.13. The lowest BCUT2D eigenvalue weighted by molar-refractivity contribution is 0.0963. The van der Waals surface area contributed by atoms with Crippen LogP contribution in [0.3, 0.4) is 0 Å². The van der Waals surface area contributed by atoms with Gasteiger partial charge < -0.3 is 10.2 Å². The summed E-state index contributed by atoms with van der Waals surface area (Å²) in [5, 5.41) is 3.18. The molecule has 104 valence electrons. The zero-order chi connectivity index (χ0) is 12.8. The van der Waals surface area contributed by atoms with E-state index in [1.165, 1.54) is 63.9 Å². The zero-order valence-electron chi connectivity index (χ0n) is 12.0. The summed E-state index contributed by atoms with van der Waals surface area (Å²) < 4.78 is 0. The van der Waals surface area contributed by atoms with E-state index in [0.717, 1.165) is 19.1 Å². The van der Waals surface area contributed by atoms with E-state index in [1.54, 1.807) is 0 Å². The first-order chi connectivity index (χ1) is 8.79. The van der Waals surface area contributed by atoms with Crippen LogP contribution in [0.1, 0.15) is 32.1 Å². The molecule has 0 aliphatic carbocycles. The molecule has 2 rings (SSSR count). The number of likely N-dealkylation sites (tertiary alicyclic amines) is 2. The van der Waals surface area contributed by atoms with Crippen LogP contribution < -0.4 is 5.32 Å². The lowest BCUT2D eigenvalue weighted by Crippen LogP contribution is -2.47. The van der Waals surface area contributed by atoms with Crippen molar-refractivity contribution in [2.75, 3.05) is 46.3 Å². The molecular weight excluding hydrogens is 222 g/mol. The third-order valence-corrected chi connectivity index (χ3v) is 4.34. The summed E-state index contributed by atoms with van der Waals surface area (Å²) in [5.41, 5.74) is 1.31. The van der Waals surface area contributed by atoms with Crippen molar-refractivity contribution in [3.05, 3.63) is 12.2 Å². The Bertz CT molecular complexity index is 250. The molecule has 0 radical (unpaired) electrons. The van der Waals surface area contributed by atoms with Crippen molar-refractivity contribution in [2.24, 2.45) is 0 Å². The molecule has 2 aliphatic rings. The molecule has 0 bridgehead atoms. The van der Waals surface area contributed by atoms with Crippen LogP contribution in [0.25, 0.3) is 0 Å². The van der Waals surface area contributed by atoms with E-state index in [4.69, 9.17) is 0 Å². The van der Waals surface area contributed by atoms with Crippen molar-refractivity contribution in [3.63, 3.8) is 0 Å². The maximum absolute atomic E-state index is 4.13. The topological polar surface area (TPSA) is 18.5 Å². The Kier molecular flexibility index (Phi) is 5.67. The van der Waals surface area contributed by atoms with E-state index >= 15 is 0 Å². The highest BCUT2D eigenvalue weighted by Crippen LogP contribution is 2.21. The third kappa shape index (κ3) is 4.08. The number of piperidine rings is 2. The Labute approximate surface area is 112 Å². The second kappa shape index (κ2) is 7.27. The van der Waals surface area contributed by atoms with E-state index in [0.29, 0.717) is 0 Å². The first kappa shape index (κ1) is 14.0. The Morgan fingerprint density at radius 2 is 1.78 bits per heavy atom. The smallest absolute Gasteiger partial charge is 0.0202 e. The van der Waals surface area contributed by atoms with Crippen molar-refractivity contribution in [1.29, 1.82) is 0 Å². The number of nitrogens with zero attached hydrogens (tertiary/aromatic N) is 2. The van der Waals surface area contributed by atoms with Crippen LogP contribution >= 0.6 is 0 Å². The van der Waals surface area contributed by atoms with Crippen LogP contribution in [-0.4, -0.2) is 62.2 Å². The molecule has 2 aliphatic heterocycles. The van der Waals surface area contributed by atoms with Crippen molar-refractivity contribution < 1.29 is 0 Å². The van der Waals surface area contributed by atoms with Gasteiger partial charge in [-0.25, -0.2) is 0 Å². The molecule has 0 saturated carbocycles. The molecule has 2 heterocycles. The predicted molar refractivity (Wildman–Crippen MR) is 78.0 cm³/mol. The average Bonchev–Trinajstić information content (AvgIpc) is 2.41. The standard InChI is InChI=1S/C15H29N3/c1-14(12-16-2)13-17-10-6-15(7-11-17)18-8-4-3-5-9-18/h15-16H,1,3-13H2,2H3. The normalized spacial score (nSPS) is 24.3. The molecule has 3 heteroatoms. The molecule has 3 nitrogen and oxygen atoms in total. The van der Waals surface area contributed by atoms with Crippen molar-refractivity contribution >= 4 is 0 Å². The van der Waals surface area contributed by atoms with E-state index in [1.807, 2.05) is 7.05 Å². The minimum Gasteiger partial charge on any atom is -0.316 e. The minimum absolute atomic E-state index is 0.860. The highest BCUT2D eigenvalue weighted by molar-refractivity contribution is 5.00. The van der Waals surface area contributed by atoms with E-state index < -0.39 is 0 Å². The minimum atomic E-state index is 0.860. The number of rotatable bonds is 5. The monoisotopic (exact) mass is 251 g/mol. The van der Waals surface area contributed by atoms with Gasteiger partial charge in [0.25, 0.3) is 0 Å². The third-order valence-electron chi connectivity index (χ3n) is 4.34. The number of hydrogen-bond acceptors (Lipinski definition) is 3. The summed E-state index contributed by atoms with van der Waals surface area (Å²) in [6.07, 6.45) is 6.98. The van der Waals surface area contributed by atoms with Crippen molar-refractivity contribution in [3.8, 4) is 0 Å². The molecule has 0 amide bonds. The Hall–Kier alpha value is -0.380. The first-order valence-corrected chi connectivity index (χ1v) is 7.57. The van der Waals surface area contributed by atoms with Crippen LogP contribution in [0.5, 0.6) is 0 Å². The summed E-state index contributed by atoms with van der Waals surface area (Å²) in [4.78, 5) is 5.31. The van der Waals surface area contributed by atoms with Gasteiger partial charge in [-0.05, 0) is 64.5 Å². The van der Waals surface area contributed by atoms with Gasteiger partial charge in [0.1, 0.15) is 0 Å². The molecule has 0 spiro atoms. The Morgan fingerprint density at radius 1 is 1.11 bits per heavy atom. The molecule has 18 heavy (non-hydrogen) atoms. The largest absolute Gasteiger partial charge is 0.316 e. The van der Waals surface area contributed by atoms with Crippen molar-refractivity contribution in [1.82, 2.24) is 15.1 Å². The maximum Gasteiger partial charge on any atom is 0.0202 e. The second-order valence-corrected chi connectivity index (χ2v) is 5.88. The highest BCUT2D eigenvalue weighted by atomic mass is 15.2. The molecule has 0 aromatic carbocycles. The van der Waals surface area contributed by atoms with Crippen LogP contribution in [-0.2, 0) is 0 Å². The number of likely N-dealkylation sites (N-methyl/N-ethyl adjacent to an activating group) is 1. The fourth-order valence-electron chi connectivity index (χ4n) is 3.35. The fourth-order valence-corrected chi connectivity index (χ4v) is 3.35. The summed E-state index contributed by atoms with van der Waals surface area (Å²) >= 11 is 0. The average molecular weight is 251 g/mol. The van der Waals surface area contributed by atoms with Gasteiger partial charge in [-0.3, -0.25) is 4.90 Å². The highest BCUT2D eigenvalue weighted by Gasteiger charge is 2.25. The van der Waals surface area contributed by atoms with Crippen LogP contribution in [0.15, 0.2) is 12.2 Å². The van der Waals surface area contributed by atoms with Crippen molar-refractivity contribution in [2.45, 2.75) is 38.1 Å². The molecule has 0 aromatic heterocycles. The zero-order valence-corrected chi connectivity index (χ0v) is 12.0. The molecule has 2 fully saturated rings. The molecule has 0 atom stereocenters. The van der Waals surface area contributed by atoms with Gasteiger partial charge in [-0.15, -0.1) is 0 Å².